The van der Waals surface area contributed by atoms with Crippen molar-refractivity contribution in [1.29, 1.82) is 0 Å². The minimum atomic E-state index is -0.880. The molecule has 0 fully saturated rings. The van der Waals surface area contributed by atoms with E-state index in [1.54, 1.807) is 18.2 Å². The van der Waals surface area contributed by atoms with Crippen LogP contribution in [0.25, 0.3) is 0 Å². The van der Waals surface area contributed by atoms with Crippen LogP contribution in [0.3, 0.4) is 0 Å². The zero-order valence-electron chi connectivity index (χ0n) is 7.77. The molecule has 4 heteroatoms. The van der Waals surface area contributed by atoms with Crippen LogP contribution in [0.1, 0.15) is 22.3 Å². The van der Waals surface area contributed by atoms with Crippen LogP contribution in [0, 0.1) is 0 Å². The molecular formula is C10H14ClNO2. The minimum Gasteiger partial charge on any atom is -0.478 e. The van der Waals surface area contributed by atoms with E-state index in [0.29, 0.717) is 12.1 Å². The molecule has 1 aromatic rings. The normalized spacial score (nSPS) is 9.21. The van der Waals surface area contributed by atoms with E-state index >= 15 is 0 Å². The lowest BCUT2D eigenvalue weighted by Crippen LogP contribution is -2.01. The Balaban J connectivity index is 0.00000169. The van der Waals surface area contributed by atoms with Crippen molar-refractivity contribution in [3.05, 3.63) is 35.4 Å². The smallest absolute Gasteiger partial charge is 0.335 e. The topological polar surface area (TPSA) is 63.3 Å². The van der Waals surface area contributed by atoms with Gasteiger partial charge in [-0.25, -0.2) is 4.79 Å². The Labute approximate surface area is 89.3 Å². The summed E-state index contributed by atoms with van der Waals surface area (Å²) in [5.41, 5.74) is 6.73. The van der Waals surface area contributed by atoms with E-state index in [4.69, 9.17) is 10.8 Å². The highest BCUT2D eigenvalue weighted by molar-refractivity contribution is 5.87. The second-order valence-corrected chi connectivity index (χ2v) is 2.90. The van der Waals surface area contributed by atoms with Gasteiger partial charge >= 0.3 is 5.97 Å². The molecular weight excluding hydrogens is 202 g/mol. The van der Waals surface area contributed by atoms with E-state index in [9.17, 15) is 4.79 Å². The van der Waals surface area contributed by atoms with Crippen LogP contribution in [0.4, 0.5) is 0 Å². The maximum absolute atomic E-state index is 10.6. The van der Waals surface area contributed by atoms with Gasteiger partial charge in [0.15, 0.2) is 0 Å². The zero-order chi connectivity index (χ0) is 9.68. The molecule has 0 heterocycles. The third kappa shape index (κ3) is 3.77. The number of carboxylic acids is 1. The molecule has 0 bridgehead atoms. The Morgan fingerprint density at radius 3 is 2.71 bits per heavy atom. The Kier molecular flexibility index (Phi) is 5.92. The number of hydrogen-bond acceptors (Lipinski definition) is 2. The molecule has 0 radical (unpaired) electrons. The predicted molar refractivity (Wildman–Crippen MR) is 58.0 cm³/mol. The molecule has 0 saturated heterocycles. The second-order valence-electron chi connectivity index (χ2n) is 2.90. The molecule has 1 rings (SSSR count). The van der Waals surface area contributed by atoms with Crippen molar-refractivity contribution in [2.45, 2.75) is 12.8 Å². The molecule has 0 atom stereocenters. The van der Waals surface area contributed by atoms with E-state index in [2.05, 4.69) is 0 Å². The fourth-order valence-corrected chi connectivity index (χ4v) is 1.17. The van der Waals surface area contributed by atoms with Crippen molar-refractivity contribution in [3.63, 3.8) is 0 Å². The van der Waals surface area contributed by atoms with Gasteiger partial charge in [0, 0.05) is 0 Å². The molecule has 1 aromatic carbocycles. The first kappa shape index (κ1) is 12.9. The summed E-state index contributed by atoms with van der Waals surface area (Å²) in [4.78, 5) is 10.6. The molecule has 3 nitrogen and oxygen atoms in total. The summed E-state index contributed by atoms with van der Waals surface area (Å²) < 4.78 is 0. The van der Waals surface area contributed by atoms with Crippen LogP contribution in [-0.4, -0.2) is 17.6 Å². The number of nitrogens with two attached hydrogens (primary N) is 1. The highest BCUT2D eigenvalue weighted by atomic mass is 35.5. The molecule has 78 valence electrons. The fraction of sp³-hybridized carbons (Fsp3) is 0.300. The minimum absolute atomic E-state index is 0. The molecule has 0 amide bonds. The Morgan fingerprint density at radius 1 is 1.43 bits per heavy atom. The number of carbonyl (C=O) groups is 1. The molecule has 0 aromatic heterocycles. The van der Waals surface area contributed by atoms with Gasteiger partial charge in [-0.2, -0.15) is 0 Å². The first-order valence-electron chi connectivity index (χ1n) is 4.26. The van der Waals surface area contributed by atoms with Gasteiger partial charge in [-0.1, -0.05) is 12.1 Å². The molecule has 0 aliphatic carbocycles. The lowest BCUT2D eigenvalue weighted by molar-refractivity contribution is 0.0697. The number of halogens is 1. The third-order valence-electron chi connectivity index (χ3n) is 1.84. The van der Waals surface area contributed by atoms with Gasteiger partial charge < -0.3 is 10.8 Å². The second kappa shape index (κ2) is 6.40. The first-order chi connectivity index (χ1) is 6.24. The van der Waals surface area contributed by atoms with Crippen molar-refractivity contribution in [1.82, 2.24) is 0 Å². The van der Waals surface area contributed by atoms with Gasteiger partial charge in [0.1, 0.15) is 0 Å². The fourth-order valence-electron chi connectivity index (χ4n) is 1.17. The highest BCUT2D eigenvalue weighted by Crippen LogP contribution is 2.07. The summed E-state index contributed by atoms with van der Waals surface area (Å²) in [6.45, 7) is 0.636. The van der Waals surface area contributed by atoms with Crippen molar-refractivity contribution >= 4 is 18.4 Å². The van der Waals surface area contributed by atoms with Gasteiger partial charge in [-0.05, 0) is 37.1 Å². The van der Waals surface area contributed by atoms with Crippen molar-refractivity contribution in [3.8, 4) is 0 Å². The van der Waals surface area contributed by atoms with E-state index in [1.807, 2.05) is 6.07 Å². The molecule has 3 N–H and O–H groups in total. The number of aryl methyl sites for hydroxylation is 1. The average Bonchev–Trinajstić information content (AvgIpc) is 2.15. The van der Waals surface area contributed by atoms with Crippen LogP contribution in [-0.2, 0) is 6.42 Å². The van der Waals surface area contributed by atoms with Crippen LogP contribution < -0.4 is 5.73 Å². The molecule has 0 aliphatic rings. The Morgan fingerprint density at radius 2 is 2.14 bits per heavy atom. The van der Waals surface area contributed by atoms with Crippen molar-refractivity contribution in [2.75, 3.05) is 6.54 Å². The van der Waals surface area contributed by atoms with Crippen molar-refractivity contribution in [2.24, 2.45) is 5.73 Å². The summed E-state index contributed by atoms with van der Waals surface area (Å²) in [5, 5.41) is 8.71. The van der Waals surface area contributed by atoms with Crippen LogP contribution in [0.5, 0.6) is 0 Å². The van der Waals surface area contributed by atoms with Gasteiger partial charge in [0.25, 0.3) is 0 Å². The third-order valence-corrected chi connectivity index (χ3v) is 1.84. The maximum Gasteiger partial charge on any atom is 0.335 e. The van der Waals surface area contributed by atoms with Crippen LogP contribution in [0.2, 0.25) is 0 Å². The van der Waals surface area contributed by atoms with Crippen molar-refractivity contribution < 1.29 is 9.90 Å². The Hall–Kier alpha value is -1.06. The van der Waals surface area contributed by atoms with E-state index in [1.165, 1.54) is 0 Å². The van der Waals surface area contributed by atoms with Gasteiger partial charge in [0.05, 0.1) is 5.56 Å². The Bertz CT molecular complexity index is 302. The maximum atomic E-state index is 10.6. The number of benzene rings is 1. The zero-order valence-corrected chi connectivity index (χ0v) is 8.59. The van der Waals surface area contributed by atoms with Gasteiger partial charge in [-0.15, -0.1) is 12.4 Å². The molecule has 0 spiro atoms. The largest absolute Gasteiger partial charge is 0.478 e. The SMILES string of the molecule is Cl.NCCCc1cccc(C(=O)O)c1. The van der Waals surface area contributed by atoms with E-state index < -0.39 is 5.97 Å². The molecule has 0 aliphatic heterocycles. The molecule has 0 unspecified atom stereocenters. The first-order valence-corrected chi connectivity index (χ1v) is 4.26. The van der Waals surface area contributed by atoms with Crippen LogP contribution >= 0.6 is 12.4 Å². The van der Waals surface area contributed by atoms with E-state index in [-0.39, 0.29) is 12.4 Å². The summed E-state index contributed by atoms with van der Waals surface area (Å²) in [6.07, 6.45) is 1.74. The number of hydrogen-bond donors (Lipinski definition) is 2. The van der Waals surface area contributed by atoms with Gasteiger partial charge in [-0.3, -0.25) is 0 Å². The average molecular weight is 216 g/mol. The molecule has 0 saturated carbocycles. The molecule has 14 heavy (non-hydrogen) atoms. The number of aromatic carboxylic acids is 1. The number of rotatable bonds is 4. The van der Waals surface area contributed by atoms with Crippen LogP contribution in [0.15, 0.2) is 24.3 Å². The lowest BCUT2D eigenvalue weighted by Gasteiger charge is -2.00. The lowest BCUT2D eigenvalue weighted by atomic mass is 10.1. The standard InChI is InChI=1S/C10H13NO2.ClH/c11-6-2-4-8-3-1-5-9(7-8)10(12)13;/h1,3,5,7H,2,4,6,11H2,(H,12,13);1H. The number of carboxylic acid groups (broad SMARTS) is 1. The predicted octanol–water partition coefficient (Wildman–Crippen LogP) is 1.70. The van der Waals surface area contributed by atoms with E-state index in [0.717, 1.165) is 18.4 Å². The highest BCUT2D eigenvalue weighted by Gasteiger charge is 2.02. The monoisotopic (exact) mass is 215 g/mol. The summed E-state index contributed by atoms with van der Waals surface area (Å²) >= 11 is 0. The summed E-state index contributed by atoms with van der Waals surface area (Å²) in [6, 6.07) is 6.96. The summed E-state index contributed by atoms with van der Waals surface area (Å²) in [5.74, 6) is -0.880. The quantitative estimate of drug-likeness (QED) is 0.804. The summed E-state index contributed by atoms with van der Waals surface area (Å²) in [7, 11) is 0. The van der Waals surface area contributed by atoms with Gasteiger partial charge in [0.2, 0.25) is 0 Å².